The van der Waals surface area contributed by atoms with E-state index in [9.17, 15) is 5.11 Å². The van der Waals surface area contributed by atoms with Crippen LogP contribution in [0.25, 0.3) is 16.5 Å². The summed E-state index contributed by atoms with van der Waals surface area (Å²) in [6.45, 7) is 3.48. The number of aromatic hydroxyl groups is 1. The third-order valence-corrected chi connectivity index (χ3v) is 7.46. The normalized spacial score (nSPS) is 15.7. The molecular formula is C25H22ClN5O2S. The summed E-state index contributed by atoms with van der Waals surface area (Å²) in [7, 11) is 0. The largest absolute Gasteiger partial charge is 0.492 e. The Balaban J connectivity index is 1.35. The van der Waals surface area contributed by atoms with Gasteiger partial charge < -0.3 is 14.4 Å². The lowest BCUT2D eigenvalue weighted by Gasteiger charge is -2.40. The fraction of sp³-hybridized carbons (Fsp3) is 0.200. The van der Waals surface area contributed by atoms with E-state index in [2.05, 4.69) is 50.2 Å². The highest BCUT2D eigenvalue weighted by Gasteiger charge is 2.32. The molecule has 3 aromatic heterocycles. The average molecular weight is 492 g/mol. The number of para-hydroxylation sites is 1. The Morgan fingerprint density at radius 1 is 0.971 bits per heavy atom. The van der Waals surface area contributed by atoms with E-state index in [1.54, 1.807) is 18.4 Å². The second kappa shape index (κ2) is 8.79. The van der Waals surface area contributed by atoms with E-state index in [4.69, 9.17) is 16.0 Å². The standard InChI is InChI=1S/C25H22ClN5O2S/c26-18-7-4-6-17(16-18)21(30-13-11-29(12-14-30)19-8-2-1-3-9-19)22-24(32)31-25(34-22)27-23(28-31)20-10-5-15-33-20/h1-10,15-16,21,32H,11-14H2. The summed E-state index contributed by atoms with van der Waals surface area (Å²) in [6.07, 6.45) is 1.58. The molecule has 6 rings (SSSR count). The molecule has 1 N–H and O–H groups in total. The van der Waals surface area contributed by atoms with E-state index in [0.29, 0.717) is 21.6 Å². The van der Waals surface area contributed by atoms with Crippen molar-refractivity contribution in [2.45, 2.75) is 6.04 Å². The number of nitrogens with zero attached hydrogens (tertiary/aromatic N) is 5. The Hall–Kier alpha value is -3.33. The van der Waals surface area contributed by atoms with Crippen LogP contribution in [-0.4, -0.2) is 50.8 Å². The van der Waals surface area contributed by atoms with Gasteiger partial charge in [0.05, 0.1) is 17.2 Å². The molecule has 34 heavy (non-hydrogen) atoms. The number of piperazine rings is 1. The van der Waals surface area contributed by atoms with Gasteiger partial charge in [-0.3, -0.25) is 4.90 Å². The monoisotopic (exact) mass is 491 g/mol. The summed E-state index contributed by atoms with van der Waals surface area (Å²) in [5, 5.41) is 16.4. The summed E-state index contributed by atoms with van der Waals surface area (Å²) in [5.74, 6) is 1.12. The maximum absolute atomic E-state index is 11.2. The molecule has 0 spiro atoms. The predicted molar refractivity (Wildman–Crippen MR) is 134 cm³/mol. The van der Waals surface area contributed by atoms with Crippen LogP contribution >= 0.6 is 22.9 Å². The van der Waals surface area contributed by atoms with Crippen molar-refractivity contribution < 1.29 is 9.52 Å². The van der Waals surface area contributed by atoms with Gasteiger partial charge in [-0.25, -0.2) is 0 Å². The lowest BCUT2D eigenvalue weighted by atomic mass is 10.0. The number of hydrogen-bond acceptors (Lipinski definition) is 7. The van der Waals surface area contributed by atoms with Crippen LogP contribution in [0.4, 0.5) is 5.69 Å². The maximum Gasteiger partial charge on any atom is 0.230 e. The van der Waals surface area contributed by atoms with Crippen molar-refractivity contribution >= 4 is 33.6 Å². The predicted octanol–water partition coefficient (Wildman–Crippen LogP) is 5.32. The molecule has 9 heteroatoms. The minimum absolute atomic E-state index is 0.0979. The molecule has 4 heterocycles. The van der Waals surface area contributed by atoms with Crippen molar-refractivity contribution in [3.8, 4) is 17.5 Å². The number of rotatable bonds is 5. The van der Waals surface area contributed by atoms with E-state index in [0.717, 1.165) is 36.6 Å². The molecule has 0 amide bonds. The van der Waals surface area contributed by atoms with E-state index >= 15 is 0 Å². The lowest BCUT2D eigenvalue weighted by Crippen LogP contribution is -2.47. The summed E-state index contributed by atoms with van der Waals surface area (Å²) in [5.41, 5.74) is 2.26. The van der Waals surface area contributed by atoms with Crippen LogP contribution in [0.15, 0.2) is 77.4 Å². The Morgan fingerprint density at radius 3 is 2.50 bits per heavy atom. The minimum Gasteiger partial charge on any atom is -0.492 e. The first-order chi connectivity index (χ1) is 16.7. The number of hydrogen-bond donors (Lipinski definition) is 1. The first-order valence-corrected chi connectivity index (χ1v) is 12.3. The Labute approximate surface area is 205 Å². The zero-order chi connectivity index (χ0) is 23.1. The van der Waals surface area contributed by atoms with Crippen LogP contribution in [0.3, 0.4) is 0 Å². The summed E-state index contributed by atoms with van der Waals surface area (Å²) < 4.78 is 6.91. The molecule has 5 aromatic rings. The number of thiazole rings is 1. The second-order valence-corrected chi connectivity index (χ2v) is 9.66. The first-order valence-electron chi connectivity index (χ1n) is 11.1. The third kappa shape index (κ3) is 3.83. The fourth-order valence-electron chi connectivity index (χ4n) is 4.52. The average Bonchev–Trinajstić information content (AvgIpc) is 3.60. The molecule has 1 fully saturated rings. The molecule has 172 valence electrons. The highest BCUT2D eigenvalue weighted by Crippen LogP contribution is 2.41. The topological polar surface area (TPSA) is 70.0 Å². The van der Waals surface area contributed by atoms with E-state index in [-0.39, 0.29) is 11.9 Å². The molecule has 2 aromatic carbocycles. The van der Waals surface area contributed by atoms with Gasteiger partial charge in [0.15, 0.2) is 5.76 Å². The molecule has 0 saturated carbocycles. The van der Waals surface area contributed by atoms with Crippen molar-refractivity contribution in [3.63, 3.8) is 0 Å². The van der Waals surface area contributed by atoms with Crippen molar-refractivity contribution in [1.82, 2.24) is 19.5 Å². The van der Waals surface area contributed by atoms with Crippen LogP contribution in [0, 0.1) is 0 Å². The van der Waals surface area contributed by atoms with Gasteiger partial charge in [0.2, 0.25) is 16.7 Å². The lowest BCUT2D eigenvalue weighted by molar-refractivity contribution is 0.211. The Kier molecular flexibility index (Phi) is 5.49. The van der Waals surface area contributed by atoms with Gasteiger partial charge in [0.1, 0.15) is 0 Å². The number of halogens is 1. The number of furan rings is 1. The van der Waals surface area contributed by atoms with Crippen molar-refractivity contribution in [1.29, 1.82) is 0 Å². The van der Waals surface area contributed by atoms with Crippen molar-refractivity contribution in [2.75, 3.05) is 31.1 Å². The molecule has 1 saturated heterocycles. The third-order valence-electron chi connectivity index (χ3n) is 6.15. The van der Waals surface area contributed by atoms with Crippen LogP contribution < -0.4 is 4.90 Å². The van der Waals surface area contributed by atoms with Gasteiger partial charge in [-0.15, -0.1) is 5.10 Å². The van der Waals surface area contributed by atoms with E-state index in [1.807, 2.05) is 24.3 Å². The van der Waals surface area contributed by atoms with Gasteiger partial charge in [0, 0.05) is 36.9 Å². The van der Waals surface area contributed by atoms with Crippen LogP contribution in [0.5, 0.6) is 5.88 Å². The van der Waals surface area contributed by atoms with E-state index < -0.39 is 0 Å². The maximum atomic E-state index is 11.2. The van der Waals surface area contributed by atoms with Gasteiger partial charge in [-0.1, -0.05) is 53.3 Å². The SMILES string of the molecule is Oc1c(C(c2cccc(Cl)c2)N2CCN(c3ccccc3)CC2)sc2nc(-c3ccco3)nn12. The second-order valence-electron chi connectivity index (χ2n) is 8.21. The molecule has 0 aliphatic carbocycles. The summed E-state index contributed by atoms with van der Waals surface area (Å²) in [6, 6.07) is 21.8. The quantitative estimate of drug-likeness (QED) is 0.359. The minimum atomic E-state index is -0.155. The van der Waals surface area contributed by atoms with Crippen molar-refractivity contribution in [3.05, 3.63) is 88.5 Å². The van der Waals surface area contributed by atoms with Gasteiger partial charge in [-0.2, -0.15) is 9.50 Å². The van der Waals surface area contributed by atoms with Crippen LogP contribution in [0.1, 0.15) is 16.5 Å². The molecule has 1 aliphatic heterocycles. The number of aromatic nitrogens is 3. The molecule has 1 atom stereocenters. The summed E-state index contributed by atoms with van der Waals surface area (Å²) in [4.78, 5) is 10.8. The molecule has 1 unspecified atom stereocenters. The zero-order valence-electron chi connectivity index (χ0n) is 18.2. The Bertz CT molecular complexity index is 1410. The number of anilines is 1. The highest BCUT2D eigenvalue weighted by molar-refractivity contribution is 7.17. The smallest absolute Gasteiger partial charge is 0.230 e. The zero-order valence-corrected chi connectivity index (χ0v) is 19.8. The molecule has 7 nitrogen and oxygen atoms in total. The van der Waals surface area contributed by atoms with Gasteiger partial charge in [-0.05, 0) is 42.0 Å². The van der Waals surface area contributed by atoms with Gasteiger partial charge >= 0.3 is 0 Å². The van der Waals surface area contributed by atoms with E-state index in [1.165, 1.54) is 21.5 Å². The molecular weight excluding hydrogens is 470 g/mol. The number of fused-ring (bicyclic) bond motifs is 1. The molecule has 0 radical (unpaired) electrons. The van der Waals surface area contributed by atoms with Gasteiger partial charge in [0.25, 0.3) is 0 Å². The molecule has 0 bridgehead atoms. The fourth-order valence-corrected chi connectivity index (χ4v) is 5.84. The van der Waals surface area contributed by atoms with Crippen LogP contribution in [-0.2, 0) is 0 Å². The first kappa shape index (κ1) is 21.2. The molecule has 1 aliphatic rings. The number of benzene rings is 2. The Morgan fingerprint density at radius 2 is 1.79 bits per heavy atom. The van der Waals surface area contributed by atoms with Crippen LogP contribution in [0.2, 0.25) is 5.02 Å². The summed E-state index contributed by atoms with van der Waals surface area (Å²) >= 11 is 7.81. The van der Waals surface area contributed by atoms with Crippen molar-refractivity contribution in [2.24, 2.45) is 0 Å². The highest BCUT2D eigenvalue weighted by atomic mass is 35.5.